The quantitative estimate of drug-likeness (QED) is 0.585. The highest BCUT2D eigenvalue weighted by Crippen LogP contribution is 2.18. The number of esters is 2. The highest BCUT2D eigenvalue weighted by Gasteiger charge is 2.42. The maximum Gasteiger partial charge on any atom is 0.339 e. The van der Waals surface area contributed by atoms with E-state index in [4.69, 9.17) is 5.11 Å². The molecule has 0 heterocycles. The summed E-state index contributed by atoms with van der Waals surface area (Å²) in [4.78, 5) is 32.7. The third kappa shape index (κ3) is 4.26. The number of rotatable bonds is 6. The first kappa shape index (κ1) is 14.4. The fourth-order valence-electron chi connectivity index (χ4n) is 1.10. The Morgan fingerprint density at radius 1 is 1.25 bits per heavy atom. The summed E-state index contributed by atoms with van der Waals surface area (Å²) in [5.74, 6) is -3.46. The van der Waals surface area contributed by atoms with E-state index in [0.29, 0.717) is 0 Å². The summed E-state index contributed by atoms with van der Waals surface area (Å²) in [5, 5.41) is 18.2. The summed E-state index contributed by atoms with van der Waals surface area (Å²) in [5.41, 5.74) is -2.38. The summed E-state index contributed by atoms with van der Waals surface area (Å²) >= 11 is 0. The molecule has 0 aromatic carbocycles. The van der Waals surface area contributed by atoms with Crippen LogP contribution in [0.15, 0.2) is 0 Å². The van der Waals surface area contributed by atoms with Crippen molar-refractivity contribution in [3.05, 3.63) is 0 Å². The van der Waals surface area contributed by atoms with Crippen LogP contribution in [0.2, 0.25) is 0 Å². The second kappa shape index (κ2) is 6.06. The van der Waals surface area contributed by atoms with Gasteiger partial charge in [0.05, 0.1) is 26.6 Å². The Balaban J connectivity index is 4.72. The Morgan fingerprint density at radius 2 is 1.81 bits per heavy atom. The van der Waals surface area contributed by atoms with Gasteiger partial charge < -0.3 is 19.7 Å². The molecule has 0 fully saturated rings. The Hall–Kier alpha value is -1.63. The van der Waals surface area contributed by atoms with Gasteiger partial charge in [0.25, 0.3) is 0 Å². The van der Waals surface area contributed by atoms with Gasteiger partial charge in [0.1, 0.15) is 0 Å². The van der Waals surface area contributed by atoms with Crippen LogP contribution < -0.4 is 0 Å². The van der Waals surface area contributed by atoms with Crippen LogP contribution in [0.1, 0.15) is 19.8 Å². The number of hydrogen-bond donors (Lipinski definition) is 2. The highest BCUT2D eigenvalue weighted by atomic mass is 16.5. The summed E-state index contributed by atoms with van der Waals surface area (Å²) in [6.07, 6.45) is -1.67. The SMILES string of the molecule is CCOC(=O)CC(O)(CC(=O)O)C(=O)OC. The predicted molar refractivity (Wildman–Crippen MR) is 50.5 cm³/mol. The first-order valence-electron chi connectivity index (χ1n) is 4.54. The second-order valence-electron chi connectivity index (χ2n) is 3.08. The van der Waals surface area contributed by atoms with E-state index in [-0.39, 0.29) is 6.61 Å². The Kier molecular flexibility index (Phi) is 5.44. The van der Waals surface area contributed by atoms with Crippen molar-refractivity contribution in [1.82, 2.24) is 0 Å². The van der Waals surface area contributed by atoms with Gasteiger partial charge in [-0.2, -0.15) is 0 Å². The minimum atomic E-state index is -2.38. The Labute approximate surface area is 92.0 Å². The minimum absolute atomic E-state index is 0.0726. The van der Waals surface area contributed by atoms with Gasteiger partial charge in [0.15, 0.2) is 5.60 Å². The van der Waals surface area contributed by atoms with Gasteiger partial charge in [0.2, 0.25) is 0 Å². The number of carboxylic acids is 1. The van der Waals surface area contributed by atoms with Gasteiger partial charge in [-0.3, -0.25) is 9.59 Å². The molecule has 16 heavy (non-hydrogen) atoms. The van der Waals surface area contributed by atoms with E-state index in [1.807, 2.05) is 0 Å². The van der Waals surface area contributed by atoms with Crippen LogP contribution in [0.3, 0.4) is 0 Å². The van der Waals surface area contributed by atoms with Crippen molar-refractivity contribution in [1.29, 1.82) is 0 Å². The molecule has 1 atom stereocenters. The van der Waals surface area contributed by atoms with Gasteiger partial charge in [-0.25, -0.2) is 4.79 Å². The van der Waals surface area contributed by atoms with Gasteiger partial charge in [-0.05, 0) is 6.92 Å². The first-order valence-corrected chi connectivity index (χ1v) is 4.54. The van der Waals surface area contributed by atoms with Gasteiger partial charge >= 0.3 is 17.9 Å². The zero-order valence-corrected chi connectivity index (χ0v) is 9.06. The van der Waals surface area contributed by atoms with E-state index < -0.39 is 36.4 Å². The van der Waals surface area contributed by atoms with Crippen LogP contribution in [0.5, 0.6) is 0 Å². The standard InChI is InChI=1S/C9H14O7/c1-3-16-7(12)5-9(14,4-6(10)11)8(13)15-2/h14H,3-5H2,1-2H3,(H,10,11). The van der Waals surface area contributed by atoms with Gasteiger partial charge in [0, 0.05) is 0 Å². The largest absolute Gasteiger partial charge is 0.481 e. The van der Waals surface area contributed by atoms with Gasteiger partial charge in [-0.15, -0.1) is 0 Å². The lowest BCUT2D eigenvalue weighted by Crippen LogP contribution is -2.44. The molecule has 0 saturated carbocycles. The zero-order chi connectivity index (χ0) is 12.8. The van der Waals surface area contributed by atoms with Crippen molar-refractivity contribution in [2.45, 2.75) is 25.4 Å². The van der Waals surface area contributed by atoms with Crippen LogP contribution in [-0.4, -0.2) is 47.4 Å². The van der Waals surface area contributed by atoms with Crippen molar-refractivity contribution in [2.75, 3.05) is 13.7 Å². The van der Waals surface area contributed by atoms with E-state index in [9.17, 15) is 19.5 Å². The van der Waals surface area contributed by atoms with E-state index in [1.165, 1.54) is 0 Å². The minimum Gasteiger partial charge on any atom is -0.481 e. The molecule has 0 aliphatic carbocycles. The number of carboxylic acid groups (broad SMARTS) is 1. The molecule has 0 rings (SSSR count). The van der Waals surface area contributed by atoms with Crippen LogP contribution in [0.25, 0.3) is 0 Å². The summed E-state index contributed by atoms with van der Waals surface area (Å²) in [6.45, 7) is 1.62. The third-order valence-corrected chi connectivity index (χ3v) is 1.75. The number of aliphatic hydroxyl groups is 1. The molecule has 7 heteroatoms. The molecule has 1 unspecified atom stereocenters. The van der Waals surface area contributed by atoms with Crippen molar-refractivity contribution in [2.24, 2.45) is 0 Å². The van der Waals surface area contributed by atoms with Crippen molar-refractivity contribution in [3.63, 3.8) is 0 Å². The summed E-state index contributed by atoms with van der Waals surface area (Å²) < 4.78 is 8.75. The summed E-state index contributed by atoms with van der Waals surface area (Å²) in [6, 6.07) is 0. The molecule has 7 nitrogen and oxygen atoms in total. The molecule has 0 aromatic rings. The molecule has 0 aliphatic heterocycles. The average Bonchev–Trinajstić information content (AvgIpc) is 2.15. The first-order chi connectivity index (χ1) is 7.35. The lowest BCUT2D eigenvalue weighted by Gasteiger charge is -2.21. The maximum absolute atomic E-state index is 11.2. The molecule has 2 N–H and O–H groups in total. The highest BCUT2D eigenvalue weighted by molar-refractivity contribution is 5.89. The van der Waals surface area contributed by atoms with Crippen LogP contribution >= 0.6 is 0 Å². The monoisotopic (exact) mass is 234 g/mol. The smallest absolute Gasteiger partial charge is 0.339 e. The fourth-order valence-corrected chi connectivity index (χ4v) is 1.10. The zero-order valence-electron chi connectivity index (χ0n) is 9.06. The predicted octanol–water partition coefficient (Wildman–Crippen LogP) is -0.682. The van der Waals surface area contributed by atoms with Crippen molar-refractivity contribution < 1.29 is 34.1 Å². The molecular weight excluding hydrogens is 220 g/mol. The third-order valence-electron chi connectivity index (χ3n) is 1.75. The normalized spacial score (nSPS) is 13.7. The van der Waals surface area contributed by atoms with Crippen LogP contribution in [-0.2, 0) is 23.9 Å². The average molecular weight is 234 g/mol. The van der Waals surface area contributed by atoms with Crippen molar-refractivity contribution >= 4 is 17.9 Å². The van der Waals surface area contributed by atoms with E-state index in [2.05, 4.69) is 9.47 Å². The molecular formula is C9H14O7. The van der Waals surface area contributed by atoms with E-state index in [1.54, 1.807) is 6.92 Å². The lowest BCUT2D eigenvalue weighted by atomic mass is 9.96. The van der Waals surface area contributed by atoms with E-state index >= 15 is 0 Å². The molecule has 0 spiro atoms. The molecule has 0 radical (unpaired) electrons. The molecule has 0 aromatic heterocycles. The van der Waals surface area contributed by atoms with Crippen molar-refractivity contribution in [3.8, 4) is 0 Å². The van der Waals surface area contributed by atoms with E-state index in [0.717, 1.165) is 7.11 Å². The fraction of sp³-hybridized carbons (Fsp3) is 0.667. The topological polar surface area (TPSA) is 110 Å². The maximum atomic E-state index is 11.2. The van der Waals surface area contributed by atoms with Crippen LogP contribution in [0, 0.1) is 0 Å². The Morgan fingerprint density at radius 3 is 2.19 bits per heavy atom. The number of carbonyl (C=O) groups is 3. The molecule has 0 bridgehead atoms. The number of methoxy groups -OCH3 is 1. The van der Waals surface area contributed by atoms with Gasteiger partial charge in [-0.1, -0.05) is 0 Å². The summed E-state index contributed by atoms with van der Waals surface area (Å²) in [7, 11) is 0.986. The molecule has 0 aliphatic rings. The number of aliphatic carboxylic acids is 1. The Bertz CT molecular complexity index is 286. The molecule has 0 amide bonds. The molecule has 0 saturated heterocycles. The molecule has 92 valence electrons. The number of hydrogen-bond acceptors (Lipinski definition) is 6. The number of ether oxygens (including phenoxy) is 2. The number of carbonyl (C=O) groups excluding carboxylic acids is 2. The lowest BCUT2D eigenvalue weighted by molar-refractivity contribution is -0.174. The second-order valence-corrected chi connectivity index (χ2v) is 3.08. The van der Waals surface area contributed by atoms with Crippen LogP contribution in [0.4, 0.5) is 0 Å².